The molecule has 4 heteroatoms. The second-order valence-electron chi connectivity index (χ2n) is 0. The molecule has 2 radical (unpaired) electrons. The van der Waals surface area contributed by atoms with E-state index in [2.05, 4.69) is 0 Å². The van der Waals surface area contributed by atoms with Crippen molar-refractivity contribution in [3.8, 4) is 0 Å². The van der Waals surface area contributed by atoms with Crippen LogP contribution in [0.25, 0.3) is 0 Å². The maximum atomic E-state index is 0. The van der Waals surface area contributed by atoms with Crippen LogP contribution >= 0.6 is 0 Å². The molecule has 0 heterocycles. The molecule has 0 fully saturated rings. The molecule has 0 bridgehead atoms. The molecule has 0 atom stereocenters. The zero-order valence-corrected chi connectivity index (χ0v) is 9.82. The molecule has 4 heavy (non-hydrogen) atoms. The van der Waals surface area contributed by atoms with Crippen molar-refractivity contribution in [1.82, 2.24) is 0 Å². The van der Waals surface area contributed by atoms with E-state index in [-0.39, 0.29) is 79.6 Å². The van der Waals surface area contributed by atoms with Gasteiger partial charge in [-0.2, -0.15) is 0 Å². The average molecular weight is 233 g/mol. The second kappa shape index (κ2) is 18.2. The fourth-order valence-electron chi connectivity index (χ4n) is 0. The van der Waals surface area contributed by atoms with Gasteiger partial charge < -0.3 is 6.90 Å². The van der Waals surface area contributed by atoms with Crippen molar-refractivity contribution < 1.29 is 55.9 Å². The molecule has 0 saturated heterocycles. The van der Waals surface area contributed by atoms with Gasteiger partial charge in [0.05, 0.1) is 0 Å². The van der Waals surface area contributed by atoms with Crippen molar-refractivity contribution in [3.05, 3.63) is 0 Å². The van der Waals surface area contributed by atoms with Crippen LogP contribution in [0.5, 0.6) is 0 Å². The van der Waals surface area contributed by atoms with Gasteiger partial charge in [-0.25, -0.2) is 0 Å². The number of hydrogen-bond acceptors (Lipinski definition) is 0. The van der Waals surface area contributed by atoms with E-state index in [4.69, 9.17) is 0 Å². The Hall–Kier alpha value is 2.37. The molecule has 0 aromatic heterocycles. The van der Waals surface area contributed by atoms with Crippen LogP contribution in [0.2, 0.25) is 0 Å². The van der Waals surface area contributed by atoms with Crippen LogP contribution in [0.1, 0.15) is 1.43 Å². The van der Waals surface area contributed by atoms with Gasteiger partial charge in [0.15, 0.2) is 0 Å². The molecule has 1 nitrogen and oxygen atoms in total. The first-order valence-electron chi connectivity index (χ1n) is 0. The molecule has 0 aromatic carbocycles. The summed E-state index contributed by atoms with van der Waals surface area (Å²) in [4.78, 5) is 0. The Kier molecular flexibility index (Phi) is 149. The maximum absolute atomic E-state index is 0. The summed E-state index contributed by atoms with van der Waals surface area (Å²) in [5, 5.41) is 0. The van der Waals surface area contributed by atoms with Crippen molar-refractivity contribution in [2.75, 3.05) is 0 Å². The monoisotopic (exact) mass is 234 g/mol. The Morgan fingerprint density at radius 2 is 1.25 bits per heavy atom. The van der Waals surface area contributed by atoms with Gasteiger partial charge in [0.1, 0.15) is 0 Å². The Bertz CT molecular complexity index is 11.6. The van der Waals surface area contributed by atoms with Crippen molar-refractivity contribution in [2.45, 2.75) is 0 Å². The summed E-state index contributed by atoms with van der Waals surface area (Å²) < 4.78 is 0. The minimum atomic E-state index is 0. The third-order valence-electron chi connectivity index (χ3n) is 0. The van der Waals surface area contributed by atoms with Gasteiger partial charge in [0, 0.05) is 23.7 Å². The smallest absolute Gasteiger partial charge is 2.00 e. The third kappa shape index (κ3) is 8.84. The van der Waals surface area contributed by atoms with E-state index < -0.39 is 0 Å². The van der Waals surface area contributed by atoms with Crippen molar-refractivity contribution >= 4 is 23.7 Å². The normalized spacial score (nSPS) is 0. The average Bonchev–Trinajstić information content (AvgIpc) is 0. The summed E-state index contributed by atoms with van der Waals surface area (Å²) in [5.74, 6) is 0. The molecule has 0 saturated carbocycles. The topological polar surface area (TPSA) is 28.5 Å². The molecule has 0 aliphatic rings. The van der Waals surface area contributed by atoms with Gasteiger partial charge in [0.2, 0.25) is 0 Å². The first-order valence-corrected chi connectivity index (χ1v) is 0. The van der Waals surface area contributed by atoms with E-state index in [0.717, 1.165) is 0 Å². The quantitative estimate of drug-likeness (QED) is 0.390. The van der Waals surface area contributed by atoms with Gasteiger partial charge in [-0.05, 0) is 0 Å². The van der Waals surface area contributed by atoms with E-state index in [1.165, 1.54) is 0 Å². The fraction of sp³-hybridized carbons (Fsp3) is 0. The van der Waals surface area contributed by atoms with Crippen LogP contribution in [-0.4, -0.2) is 23.7 Å². The van der Waals surface area contributed by atoms with Gasteiger partial charge in [0.25, 0.3) is 0 Å². The Balaban J connectivity index is 0. The molecule has 0 N–H and O–H groups in total. The molecular formula is HNaOTeZn. The van der Waals surface area contributed by atoms with Crippen LogP contribution in [0, 0.1) is 0 Å². The molecule has 0 aromatic rings. The summed E-state index contributed by atoms with van der Waals surface area (Å²) in [6.45, 7) is 0. The van der Waals surface area contributed by atoms with Gasteiger partial charge >= 0.3 is 49.0 Å². The van der Waals surface area contributed by atoms with Gasteiger partial charge in [-0.1, -0.05) is 0 Å². The van der Waals surface area contributed by atoms with Crippen LogP contribution in [0.4, 0.5) is 0 Å². The van der Waals surface area contributed by atoms with Gasteiger partial charge in [-0.15, -0.1) is 0 Å². The van der Waals surface area contributed by atoms with Crippen molar-refractivity contribution in [1.29, 1.82) is 0 Å². The predicted molar refractivity (Wildman–Crippen MR) is 7.55 cm³/mol. The van der Waals surface area contributed by atoms with Crippen LogP contribution in [0.15, 0.2) is 0 Å². The number of hydrogen-bond donors (Lipinski definition) is 0. The van der Waals surface area contributed by atoms with E-state index in [9.17, 15) is 0 Å². The summed E-state index contributed by atoms with van der Waals surface area (Å²) in [6.07, 6.45) is 0. The fourth-order valence-corrected chi connectivity index (χ4v) is 0. The Labute approximate surface area is 78.5 Å². The van der Waals surface area contributed by atoms with Crippen LogP contribution in [-0.2, 0) is 25.0 Å². The van der Waals surface area contributed by atoms with E-state index in [1.807, 2.05) is 0 Å². The van der Waals surface area contributed by atoms with E-state index in [1.54, 1.807) is 0 Å². The molecular weight excluding hydrogens is 232 g/mol. The molecule has 0 unspecified atom stereocenters. The zero-order valence-electron chi connectivity index (χ0n) is 3.52. The van der Waals surface area contributed by atoms with Crippen LogP contribution < -0.4 is 29.6 Å². The third-order valence-corrected chi connectivity index (χ3v) is 0. The predicted octanol–water partition coefficient (Wildman–Crippen LogP) is -3.39. The standard InChI is InChI=1S/Na.O.Te.Zn.H/q+1;-2;;+2;-1. The molecule has 0 aliphatic carbocycles. The summed E-state index contributed by atoms with van der Waals surface area (Å²) in [7, 11) is 0. The van der Waals surface area contributed by atoms with Crippen molar-refractivity contribution in [3.63, 3.8) is 0 Å². The number of rotatable bonds is 0. The summed E-state index contributed by atoms with van der Waals surface area (Å²) >= 11 is 0. The van der Waals surface area contributed by atoms with E-state index in [0.29, 0.717) is 0 Å². The Morgan fingerprint density at radius 3 is 1.25 bits per heavy atom. The molecule has 0 aliphatic heterocycles. The minimum absolute atomic E-state index is 0. The summed E-state index contributed by atoms with van der Waals surface area (Å²) in [5.41, 5.74) is 0. The first kappa shape index (κ1) is 32.7. The van der Waals surface area contributed by atoms with E-state index >= 15 is 0 Å². The van der Waals surface area contributed by atoms with Crippen molar-refractivity contribution in [2.24, 2.45) is 0 Å². The van der Waals surface area contributed by atoms with Crippen LogP contribution in [0.3, 0.4) is 0 Å². The maximum Gasteiger partial charge on any atom is 2.00 e. The largest absolute Gasteiger partial charge is 2.00 e. The summed E-state index contributed by atoms with van der Waals surface area (Å²) in [6, 6.07) is 0. The molecule has 0 rings (SSSR count). The molecule has 16 valence electrons. The molecule has 0 spiro atoms. The minimum Gasteiger partial charge on any atom is -2.00 e. The first-order chi connectivity index (χ1) is 0. The second-order valence-corrected chi connectivity index (χ2v) is 0. The zero-order chi connectivity index (χ0) is 0. The Morgan fingerprint density at radius 1 is 1.25 bits per heavy atom. The SMILES string of the molecule is [H-].[Na+].[O-2].[Te].[Zn+2]. The van der Waals surface area contributed by atoms with Gasteiger partial charge in [-0.3, -0.25) is 0 Å². The molecule has 0 amide bonds.